The third-order valence-corrected chi connectivity index (χ3v) is 5.32. The number of nitrogens with zero attached hydrogens (tertiary/aromatic N) is 4. The van der Waals surface area contributed by atoms with Gasteiger partial charge in [-0.15, -0.1) is 0 Å². The Morgan fingerprint density at radius 3 is 2.96 bits per heavy atom. The van der Waals surface area contributed by atoms with Crippen LogP contribution in [0.4, 0.5) is 0 Å². The lowest BCUT2D eigenvalue weighted by atomic mass is 9.96. The SMILES string of the molecule is c1coc(CCNC(=NCC2CCCO2)N2CCC(c3ncn[nH]3)CC2)c1. The summed E-state index contributed by atoms with van der Waals surface area (Å²) in [4.78, 5) is 11.5. The number of guanidine groups is 1. The summed E-state index contributed by atoms with van der Waals surface area (Å²) in [7, 11) is 0. The van der Waals surface area contributed by atoms with E-state index in [-0.39, 0.29) is 6.10 Å². The minimum atomic E-state index is 0.263. The fraction of sp³-hybridized carbons (Fsp3) is 0.632. The van der Waals surface area contributed by atoms with Crippen LogP contribution < -0.4 is 5.32 Å². The summed E-state index contributed by atoms with van der Waals surface area (Å²) >= 11 is 0. The van der Waals surface area contributed by atoms with Gasteiger partial charge in [-0.2, -0.15) is 5.10 Å². The number of ether oxygens (including phenoxy) is 1. The van der Waals surface area contributed by atoms with Gasteiger partial charge in [0.15, 0.2) is 5.96 Å². The second kappa shape index (κ2) is 9.03. The quantitative estimate of drug-likeness (QED) is 0.595. The van der Waals surface area contributed by atoms with E-state index >= 15 is 0 Å². The van der Waals surface area contributed by atoms with E-state index in [0.717, 1.165) is 82.4 Å². The van der Waals surface area contributed by atoms with E-state index in [4.69, 9.17) is 14.1 Å². The summed E-state index contributed by atoms with van der Waals surface area (Å²) in [5.41, 5.74) is 0. The Kier molecular flexibility index (Phi) is 6.03. The van der Waals surface area contributed by atoms with Crippen LogP contribution in [0.15, 0.2) is 34.1 Å². The molecule has 0 saturated carbocycles. The van der Waals surface area contributed by atoms with E-state index < -0.39 is 0 Å². The number of aliphatic imine (C=N–C) groups is 1. The molecule has 2 aromatic heterocycles. The number of hydrogen-bond donors (Lipinski definition) is 2. The van der Waals surface area contributed by atoms with Gasteiger partial charge in [0.25, 0.3) is 0 Å². The van der Waals surface area contributed by atoms with Gasteiger partial charge < -0.3 is 19.4 Å². The number of H-pyrrole nitrogens is 1. The highest BCUT2D eigenvalue weighted by atomic mass is 16.5. The molecule has 2 fully saturated rings. The highest BCUT2D eigenvalue weighted by Crippen LogP contribution is 2.25. The van der Waals surface area contributed by atoms with Gasteiger partial charge in [0.1, 0.15) is 17.9 Å². The van der Waals surface area contributed by atoms with Crippen LogP contribution in [0.25, 0.3) is 0 Å². The van der Waals surface area contributed by atoms with E-state index in [1.54, 1.807) is 12.6 Å². The smallest absolute Gasteiger partial charge is 0.194 e. The second-order valence-corrected chi connectivity index (χ2v) is 7.19. The Morgan fingerprint density at radius 2 is 2.26 bits per heavy atom. The van der Waals surface area contributed by atoms with E-state index in [9.17, 15) is 0 Å². The summed E-state index contributed by atoms with van der Waals surface area (Å²) in [5, 5.41) is 10.5. The van der Waals surface area contributed by atoms with Crippen LogP contribution >= 0.6 is 0 Å². The van der Waals surface area contributed by atoms with Gasteiger partial charge in [-0.1, -0.05) is 0 Å². The molecule has 8 heteroatoms. The molecular formula is C19H28N6O2. The summed E-state index contributed by atoms with van der Waals surface area (Å²) in [6, 6.07) is 3.93. The van der Waals surface area contributed by atoms with Crippen LogP contribution in [-0.2, 0) is 11.2 Å². The zero-order valence-electron chi connectivity index (χ0n) is 15.6. The Hall–Kier alpha value is -2.35. The van der Waals surface area contributed by atoms with Crippen molar-refractivity contribution < 1.29 is 9.15 Å². The molecule has 2 saturated heterocycles. The number of aromatic nitrogens is 3. The zero-order valence-corrected chi connectivity index (χ0v) is 15.6. The molecule has 0 spiro atoms. The number of likely N-dealkylation sites (tertiary alicyclic amines) is 1. The maximum atomic E-state index is 5.73. The lowest BCUT2D eigenvalue weighted by molar-refractivity contribution is 0.117. The number of furan rings is 1. The van der Waals surface area contributed by atoms with Crippen molar-refractivity contribution in [2.45, 2.75) is 44.1 Å². The zero-order chi connectivity index (χ0) is 18.3. The van der Waals surface area contributed by atoms with Crippen molar-refractivity contribution in [1.82, 2.24) is 25.4 Å². The predicted octanol–water partition coefficient (Wildman–Crippen LogP) is 1.94. The van der Waals surface area contributed by atoms with Gasteiger partial charge in [-0.05, 0) is 37.8 Å². The van der Waals surface area contributed by atoms with Crippen LogP contribution in [0.3, 0.4) is 0 Å². The number of nitrogens with one attached hydrogen (secondary N) is 2. The van der Waals surface area contributed by atoms with E-state index in [2.05, 4.69) is 25.4 Å². The molecule has 27 heavy (non-hydrogen) atoms. The monoisotopic (exact) mass is 372 g/mol. The molecule has 0 bridgehead atoms. The molecule has 2 aliphatic heterocycles. The Balaban J connectivity index is 1.34. The molecular weight excluding hydrogens is 344 g/mol. The van der Waals surface area contributed by atoms with Gasteiger partial charge in [-0.3, -0.25) is 10.1 Å². The Morgan fingerprint density at radius 1 is 1.33 bits per heavy atom. The summed E-state index contributed by atoms with van der Waals surface area (Å²) < 4.78 is 11.2. The largest absolute Gasteiger partial charge is 0.469 e. The molecule has 4 heterocycles. The number of hydrogen-bond acceptors (Lipinski definition) is 5. The molecule has 2 N–H and O–H groups in total. The molecule has 1 atom stereocenters. The van der Waals surface area contributed by atoms with Gasteiger partial charge in [-0.25, -0.2) is 4.98 Å². The Labute approximate surface area is 159 Å². The molecule has 0 amide bonds. The standard InChI is InChI=1S/C19H28N6O2/c1-3-16(26-11-1)5-8-20-19(21-13-17-4-2-12-27-17)25-9-6-15(7-10-25)18-22-14-23-24-18/h1,3,11,14-15,17H,2,4-10,12-13H2,(H,20,21)(H,22,23,24). The summed E-state index contributed by atoms with van der Waals surface area (Å²) in [5.74, 6) is 3.42. The van der Waals surface area contributed by atoms with E-state index in [1.165, 1.54) is 0 Å². The molecule has 8 nitrogen and oxygen atoms in total. The molecule has 2 aliphatic rings. The van der Waals surface area contributed by atoms with Crippen molar-refractivity contribution in [1.29, 1.82) is 0 Å². The van der Waals surface area contributed by atoms with Crippen LogP contribution in [-0.4, -0.2) is 64.9 Å². The highest BCUT2D eigenvalue weighted by molar-refractivity contribution is 5.80. The molecule has 0 radical (unpaired) electrons. The van der Waals surface area contributed by atoms with Crippen molar-refractivity contribution in [2.24, 2.45) is 4.99 Å². The highest BCUT2D eigenvalue weighted by Gasteiger charge is 2.25. The van der Waals surface area contributed by atoms with Crippen molar-refractivity contribution >= 4 is 5.96 Å². The van der Waals surface area contributed by atoms with Crippen molar-refractivity contribution in [3.63, 3.8) is 0 Å². The van der Waals surface area contributed by atoms with Crippen molar-refractivity contribution in [2.75, 3.05) is 32.8 Å². The van der Waals surface area contributed by atoms with Crippen molar-refractivity contribution in [3.8, 4) is 0 Å². The lowest BCUT2D eigenvalue weighted by Gasteiger charge is -2.33. The van der Waals surface area contributed by atoms with Crippen LogP contribution in [0.1, 0.15) is 43.2 Å². The lowest BCUT2D eigenvalue weighted by Crippen LogP contribution is -2.46. The first-order valence-corrected chi connectivity index (χ1v) is 9.91. The van der Waals surface area contributed by atoms with Gasteiger partial charge in [0.05, 0.1) is 18.9 Å². The third kappa shape index (κ3) is 4.88. The molecule has 146 valence electrons. The topological polar surface area (TPSA) is 91.6 Å². The van der Waals surface area contributed by atoms with Crippen LogP contribution in [0.5, 0.6) is 0 Å². The summed E-state index contributed by atoms with van der Waals surface area (Å²) in [6.07, 6.45) is 8.77. The number of piperidine rings is 1. The second-order valence-electron chi connectivity index (χ2n) is 7.19. The third-order valence-electron chi connectivity index (χ3n) is 5.32. The van der Waals surface area contributed by atoms with Crippen LogP contribution in [0, 0.1) is 0 Å². The fourth-order valence-corrected chi connectivity index (χ4v) is 3.77. The minimum Gasteiger partial charge on any atom is -0.469 e. The number of rotatable bonds is 6. The first-order chi connectivity index (χ1) is 13.4. The average Bonchev–Trinajstić information content (AvgIpc) is 3.48. The molecule has 0 aliphatic carbocycles. The van der Waals surface area contributed by atoms with Gasteiger partial charge >= 0.3 is 0 Å². The van der Waals surface area contributed by atoms with Crippen molar-refractivity contribution in [3.05, 3.63) is 36.3 Å². The van der Waals surface area contributed by atoms with Gasteiger partial charge in [0.2, 0.25) is 0 Å². The minimum absolute atomic E-state index is 0.263. The first-order valence-electron chi connectivity index (χ1n) is 9.91. The van der Waals surface area contributed by atoms with E-state index in [1.807, 2.05) is 12.1 Å². The van der Waals surface area contributed by atoms with Crippen LogP contribution in [0.2, 0.25) is 0 Å². The maximum absolute atomic E-state index is 5.73. The maximum Gasteiger partial charge on any atom is 0.194 e. The molecule has 0 aromatic carbocycles. The summed E-state index contributed by atoms with van der Waals surface area (Å²) in [6.45, 7) is 4.32. The van der Waals surface area contributed by atoms with Gasteiger partial charge in [0, 0.05) is 38.6 Å². The molecule has 1 unspecified atom stereocenters. The predicted molar refractivity (Wildman–Crippen MR) is 102 cm³/mol. The fourth-order valence-electron chi connectivity index (χ4n) is 3.77. The first kappa shape index (κ1) is 18.0. The average molecular weight is 372 g/mol. The van der Waals surface area contributed by atoms with E-state index in [0.29, 0.717) is 5.92 Å². The molecule has 4 rings (SSSR count). The normalized spacial score (nSPS) is 21.7. The Bertz CT molecular complexity index is 686. The number of aromatic amines is 1. The molecule has 2 aromatic rings.